The summed E-state index contributed by atoms with van der Waals surface area (Å²) >= 11 is 1.57. The van der Waals surface area contributed by atoms with Crippen LogP contribution in [0.25, 0.3) is 0 Å². The van der Waals surface area contributed by atoms with Gasteiger partial charge >= 0.3 is 0 Å². The fourth-order valence-electron chi connectivity index (χ4n) is 0.0673. The van der Waals surface area contributed by atoms with E-state index in [0.29, 0.717) is 0 Å². The molecule has 0 aromatic carbocycles. The SMILES string of the molecule is FC(F)C(F)CI. The molecule has 1 atom stereocenters. The Kier molecular flexibility index (Phi) is 3.77. The molecule has 0 aliphatic carbocycles. The molecule has 0 aromatic rings. The van der Waals surface area contributed by atoms with Crippen molar-refractivity contribution in [2.24, 2.45) is 0 Å². The molecule has 44 valence electrons. The second-order valence-electron chi connectivity index (χ2n) is 1.00. The molecule has 0 spiro atoms. The zero-order valence-corrected chi connectivity index (χ0v) is 5.53. The summed E-state index contributed by atoms with van der Waals surface area (Å²) in [5, 5.41) is 0. The summed E-state index contributed by atoms with van der Waals surface area (Å²) in [6.07, 6.45) is -4.75. The quantitative estimate of drug-likeness (QED) is 0.497. The summed E-state index contributed by atoms with van der Waals surface area (Å²) in [7, 11) is 0. The Morgan fingerprint density at radius 1 is 1.29 bits per heavy atom. The van der Waals surface area contributed by atoms with E-state index < -0.39 is 12.6 Å². The molecule has 0 fully saturated rings. The molecule has 7 heavy (non-hydrogen) atoms. The summed E-state index contributed by atoms with van der Waals surface area (Å²) in [5.74, 6) is 0. The number of rotatable bonds is 2. The van der Waals surface area contributed by atoms with Crippen molar-refractivity contribution in [1.82, 2.24) is 0 Å². The van der Waals surface area contributed by atoms with E-state index in [1.807, 2.05) is 0 Å². The van der Waals surface area contributed by atoms with Crippen LogP contribution < -0.4 is 0 Å². The predicted octanol–water partition coefficient (Wildman–Crippen LogP) is 2.02. The van der Waals surface area contributed by atoms with Crippen LogP contribution in [0.2, 0.25) is 0 Å². The average molecular weight is 224 g/mol. The Labute approximate surface area is 53.2 Å². The van der Waals surface area contributed by atoms with Crippen molar-refractivity contribution in [1.29, 1.82) is 0 Å². The van der Waals surface area contributed by atoms with Crippen LogP contribution in [-0.4, -0.2) is 17.0 Å². The molecule has 0 saturated heterocycles. The minimum atomic E-state index is -2.81. The lowest BCUT2D eigenvalue weighted by atomic mass is 10.5. The molecular formula is C3H4F3I. The Morgan fingerprint density at radius 2 is 1.71 bits per heavy atom. The van der Waals surface area contributed by atoms with Gasteiger partial charge in [-0.15, -0.1) is 0 Å². The van der Waals surface area contributed by atoms with Crippen molar-refractivity contribution in [2.45, 2.75) is 12.6 Å². The topological polar surface area (TPSA) is 0 Å². The smallest absolute Gasteiger partial charge is 0.240 e. The molecule has 0 aromatic heterocycles. The Morgan fingerprint density at radius 3 is 1.71 bits per heavy atom. The van der Waals surface area contributed by atoms with Crippen LogP contribution in [0.1, 0.15) is 0 Å². The standard InChI is InChI=1S/C3H4F3I/c4-2(1-7)3(5)6/h2-3H,1H2. The van der Waals surface area contributed by atoms with Crippen LogP contribution in [-0.2, 0) is 0 Å². The van der Waals surface area contributed by atoms with Crippen molar-refractivity contribution in [3.8, 4) is 0 Å². The fourth-order valence-corrected chi connectivity index (χ4v) is 0.452. The maximum absolute atomic E-state index is 11.5. The van der Waals surface area contributed by atoms with E-state index in [1.54, 1.807) is 22.6 Å². The van der Waals surface area contributed by atoms with Crippen LogP contribution in [0.5, 0.6) is 0 Å². The lowest BCUT2D eigenvalue weighted by Crippen LogP contribution is -2.12. The van der Waals surface area contributed by atoms with Gasteiger partial charge in [-0.3, -0.25) is 0 Å². The second kappa shape index (κ2) is 3.51. The van der Waals surface area contributed by atoms with Gasteiger partial charge in [0, 0.05) is 4.43 Å². The zero-order chi connectivity index (χ0) is 5.86. The van der Waals surface area contributed by atoms with Crippen LogP contribution in [0.15, 0.2) is 0 Å². The third-order valence-corrected chi connectivity index (χ3v) is 1.26. The van der Waals surface area contributed by atoms with Gasteiger partial charge in [0.2, 0.25) is 0 Å². The number of halogens is 4. The van der Waals surface area contributed by atoms with Crippen molar-refractivity contribution in [3.05, 3.63) is 0 Å². The first-order valence-corrected chi connectivity index (χ1v) is 3.19. The van der Waals surface area contributed by atoms with E-state index in [0.717, 1.165) is 0 Å². The van der Waals surface area contributed by atoms with Crippen molar-refractivity contribution < 1.29 is 13.2 Å². The third-order valence-electron chi connectivity index (χ3n) is 0.421. The van der Waals surface area contributed by atoms with Crippen molar-refractivity contribution in [3.63, 3.8) is 0 Å². The summed E-state index contributed by atoms with van der Waals surface area (Å²) in [6.45, 7) is 0. The summed E-state index contributed by atoms with van der Waals surface area (Å²) in [6, 6.07) is 0. The van der Waals surface area contributed by atoms with Crippen molar-refractivity contribution >= 4 is 22.6 Å². The highest BCUT2D eigenvalue weighted by Gasteiger charge is 2.16. The summed E-state index contributed by atoms with van der Waals surface area (Å²) < 4.78 is 33.5. The highest BCUT2D eigenvalue weighted by molar-refractivity contribution is 14.1. The highest BCUT2D eigenvalue weighted by Crippen LogP contribution is 2.07. The summed E-state index contributed by atoms with van der Waals surface area (Å²) in [5.41, 5.74) is 0. The molecule has 0 N–H and O–H groups in total. The van der Waals surface area contributed by atoms with Crippen LogP contribution in [0, 0.1) is 0 Å². The van der Waals surface area contributed by atoms with Gasteiger partial charge in [0.1, 0.15) is 0 Å². The largest absolute Gasteiger partial charge is 0.270 e. The molecule has 0 amide bonds. The average Bonchev–Trinajstić information content (AvgIpc) is 1.65. The number of hydrogen-bond donors (Lipinski definition) is 0. The normalized spacial score (nSPS) is 15.0. The third kappa shape index (κ3) is 3.13. The van der Waals surface area contributed by atoms with Gasteiger partial charge in [0.15, 0.2) is 6.17 Å². The van der Waals surface area contributed by atoms with E-state index in [2.05, 4.69) is 0 Å². The Balaban J connectivity index is 3.14. The molecule has 0 aliphatic heterocycles. The van der Waals surface area contributed by atoms with Gasteiger partial charge in [0.05, 0.1) is 0 Å². The molecule has 0 aliphatic rings. The first kappa shape index (κ1) is 7.52. The Hall–Kier alpha value is 0.520. The van der Waals surface area contributed by atoms with E-state index in [9.17, 15) is 13.2 Å². The molecular weight excluding hydrogens is 220 g/mol. The number of alkyl halides is 4. The maximum atomic E-state index is 11.5. The molecule has 1 unspecified atom stereocenters. The molecule has 0 bridgehead atoms. The van der Waals surface area contributed by atoms with Gasteiger partial charge in [-0.05, 0) is 0 Å². The molecule has 0 rings (SSSR count). The van der Waals surface area contributed by atoms with Gasteiger partial charge < -0.3 is 0 Å². The van der Waals surface area contributed by atoms with E-state index >= 15 is 0 Å². The van der Waals surface area contributed by atoms with E-state index in [4.69, 9.17) is 0 Å². The van der Waals surface area contributed by atoms with Gasteiger partial charge in [-0.1, -0.05) is 22.6 Å². The van der Waals surface area contributed by atoms with Gasteiger partial charge in [-0.2, -0.15) is 0 Å². The Bertz CT molecular complexity index is 47.4. The molecule has 0 nitrogen and oxygen atoms in total. The predicted molar refractivity (Wildman–Crippen MR) is 29.8 cm³/mol. The second-order valence-corrected chi connectivity index (χ2v) is 1.89. The number of hydrogen-bond acceptors (Lipinski definition) is 0. The zero-order valence-electron chi connectivity index (χ0n) is 3.37. The first-order chi connectivity index (χ1) is 3.18. The maximum Gasteiger partial charge on any atom is 0.270 e. The molecule has 0 saturated carbocycles. The fraction of sp³-hybridized carbons (Fsp3) is 1.00. The van der Waals surface area contributed by atoms with Crippen molar-refractivity contribution in [2.75, 3.05) is 4.43 Å². The van der Waals surface area contributed by atoms with E-state index in [-0.39, 0.29) is 4.43 Å². The summed E-state index contributed by atoms with van der Waals surface area (Å²) in [4.78, 5) is 0. The minimum absolute atomic E-state index is 0.130. The van der Waals surface area contributed by atoms with Crippen LogP contribution in [0.3, 0.4) is 0 Å². The van der Waals surface area contributed by atoms with E-state index in [1.165, 1.54) is 0 Å². The van der Waals surface area contributed by atoms with Gasteiger partial charge in [-0.25, -0.2) is 13.2 Å². The molecule has 0 heterocycles. The lowest BCUT2D eigenvalue weighted by molar-refractivity contribution is 0.0643. The van der Waals surface area contributed by atoms with Crippen LogP contribution in [0.4, 0.5) is 13.2 Å². The highest BCUT2D eigenvalue weighted by atomic mass is 127. The minimum Gasteiger partial charge on any atom is -0.240 e. The monoisotopic (exact) mass is 224 g/mol. The first-order valence-electron chi connectivity index (χ1n) is 1.66. The molecule has 0 radical (unpaired) electrons. The lowest BCUT2D eigenvalue weighted by Gasteiger charge is -1.98. The molecule has 4 heteroatoms. The van der Waals surface area contributed by atoms with Crippen LogP contribution >= 0.6 is 22.6 Å². The van der Waals surface area contributed by atoms with Gasteiger partial charge in [0.25, 0.3) is 6.43 Å².